The van der Waals surface area contributed by atoms with E-state index in [1.54, 1.807) is 10.7 Å². The molecule has 0 aliphatic heterocycles. The number of fused-ring (bicyclic) bond motifs is 2. The summed E-state index contributed by atoms with van der Waals surface area (Å²) >= 11 is -1.30. The summed E-state index contributed by atoms with van der Waals surface area (Å²) in [6, 6.07) is 12.0. The van der Waals surface area contributed by atoms with Crippen molar-refractivity contribution in [1.82, 2.24) is 19.6 Å². The lowest BCUT2D eigenvalue weighted by Crippen LogP contribution is -2.25. The van der Waals surface area contributed by atoms with E-state index in [1.165, 1.54) is 6.33 Å². The molecule has 4 aromatic rings. The normalized spacial score (nSPS) is 13.5. The maximum atomic E-state index is 12.2. The summed E-state index contributed by atoms with van der Waals surface area (Å²) in [5.74, 6) is 0.393. The van der Waals surface area contributed by atoms with Crippen molar-refractivity contribution < 1.29 is 4.55 Å². The molecule has 0 radical (unpaired) electrons. The molecule has 0 spiro atoms. The summed E-state index contributed by atoms with van der Waals surface area (Å²) in [5, 5.41) is 5.41. The van der Waals surface area contributed by atoms with E-state index in [4.69, 9.17) is 5.73 Å². The highest BCUT2D eigenvalue weighted by atomic mass is 32.2. The molecule has 0 bridgehead atoms. The number of hydrogen-bond acceptors (Lipinski definition) is 6. The molecule has 1 atom stereocenters. The quantitative estimate of drug-likeness (QED) is 0.412. The number of nitrogen functional groups attached to an aromatic ring is 1. The number of hydrogen-bond donors (Lipinski definition) is 1. The SMILES string of the molecule is CC(C)(C)[S+]([O-])/N=C/Cc1cc(-c2cnc3ccccc3c2)c2c(N)ncnn12. The van der Waals surface area contributed by atoms with Gasteiger partial charge in [0, 0.05) is 34.8 Å². The van der Waals surface area contributed by atoms with E-state index in [2.05, 4.69) is 25.5 Å². The molecule has 4 rings (SSSR count). The molecule has 1 unspecified atom stereocenters. The number of rotatable bonds is 4. The van der Waals surface area contributed by atoms with Gasteiger partial charge in [-0.2, -0.15) is 5.10 Å². The fourth-order valence-corrected chi connectivity index (χ4v) is 3.60. The Morgan fingerprint density at radius 1 is 1.21 bits per heavy atom. The van der Waals surface area contributed by atoms with Crippen molar-refractivity contribution in [2.24, 2.45) is 4.40 Å². The third-order valence-corrected chi connectivity index (χ3v) is 5.94. The number of aromatic nitrogens is 4. The van der Waals surface area contributed by atoms with E-state index in [0.717, 1.165) is 33.2 Å². The van der Waals surface area contributed by atoms with Crippen molar-refractivity contribution in [1.29, 1.82) is 0 Å². The van der Waals surface area contributed by atoms with Crippen LogP contribution in [0.3, 0.4) is 0 Å². The molecule has 7 nitrogen and oxygen atoms in total. The Bertz CT molecular complexity index is 1210. The summed E-state index contributed by atoms with van der Waals surface area (Å²) in [5.41, 5.74) is 10.6. The molecular weight excluding hydrogens is 384 g/mol. The van der Waals surface area contributed by atoms with Crippen LogP contribution >= 0.6 is 0 Å². The minimum Gasteiger partial charge on any atom is -0.591 e. The topological polar surface area (TPSA) is 105 Å². The number of anilines is 1. The van der Waals surface area contributed by atoms with Gasteiger partial charge in [-0.3, -0.25) is 4.98 Å². The minimum atomic E-state index is -1.30. The van der Waals surface area contributed by atoms with Gasteiger partial charge in [-0.1, -0.05) is 22.6 Å². The second-order valence-electron chi connectivity index (χ2n) is 7.73. The van der Waals surface area contributed by atoms with Crippen LogP contribution < -0.4 is 5.73 Å². The lowest BCUT2D eigenvalue weighted by atomic mass is 10.1. The molecule has 1 aromatic carbocycles. The largest absolute Gasteiger partial charge is 0.591 e. The van der Waals surface area contributed by atoms with Gasteiger partial charge in [0.1, 0.15) is 28.0 Å². The van der Waals surface area contributed by atoms with Crippen molar-refractivity contribution >= 4 is 39.8 Å². The maximum Gasteiger partial charge on any atom is 0.151 e. The first-order valence-electron chi connectivity index (χ1n) is 9.25. The lowest BCUT2D eigenvalue weighted by Gasteiger charge is -2.17. The number of benzene rings is 1. The number of pyridine rings is 1. The Labute approximate surface area is 172 Å². The van der Waals surface area contributed by atoms with Crippen LogP contribution in [0, 0.1) is 0 Å². The second-order valence-corrected chi connectivity index (χ2v) is 9.66. The molecular formula is C21H22N6OS. The molecule has 8 heteroatoms. The van der Waals surface area contributed by atoms with Crippen molar-refractivity contribution in [2.75, 3.05) is 5.73 Å². The number of nitrogens with two attached hydrogens (primary N) is 1. The Balaban J connectivity index is 1.78. The van der Waals surface area contributed by atoms with Crippen LogP contribution in [0.15, 0.2) is 53.3 Å². The summed E-state index contributed by atoms with van der Waals surface area (Å²) < 4.78 is 17.7. The third kappa shape index (κ3) is 3.81. The van der Waals surface area contributed by atoms with Gasteiger partial charge in [-0.05, 0) is 39.0 Å². The predicted octanol–water partition coefficient (Wildman–Crippen LogP) is 3.60. The van der Waals surface area contributed by atoms with Crippen molar-refractivity contribution in [2.45, 2.75) is 31.9 Å². The van der Waals surface area contributed by atoms with Crippen LogP contribution in [0.4, 0.5) is 5.82 Å². The highest BCUT2D eigenvalue weighted by Gasteiger charge is 2.25. The monoisotopic (exact) mass is 406 g/mol. The molecule has 0 aliphatic carbocycles. The average Bonchev–Trinajstić information content (AvgIpc) is 3.07. The minimum absolute atomic E-state index is 0.393. The summed E-state index contributed by atoms with van der Waals surface area (Å²) in [6.45, 7) is 5.68. The molecule has 0 aliphatic rings. The Morgan fingerprint density at radius 2 is 2.00 bits per heavy atom. The first-order valence-corrected chi connectivity index (χ1v) is 10.4. The van der Waals surface area contributed by atoms with Crippen LogP contribution in [0.2, 0.25) is 0 Å². The van der Waals surface area contributed by atoms with Crippen LogP contribution in [-0.2, 0) is 17.8 Å². The van der Waals surface area contributed by atoms with Crippen LogP contribution in [0.5, 0.6) is 0 Å². The molecule has 29 heavy (non-hydrogen) atoms. The van der Waals surface area contributed by atoms with E-state index < -0.39 is 16.1 Å². The van der Waals surface area contributed by atoms with E-state index >= 15 is 0 Å². The van der Waals surface area contributed by atoms with Gasteiger partial charge < -0.3 is 10.3 Å². The molecule has 0 fully saturated rings. The summed E-state index contributed by atoms with van der Waals surface area (Å²) in [6.07, 6.45) is 5.40. The molecule has 0 saturated carbocycles. The van der Waals surface area contributed by atoms with Gasteiger partial charge in [0.05, 0.1) is 11.7 Å². The first-order chi connectivity index (χ1) is 13.8. The first kappa shape index (κ1) is 19.4. The Morgan fingerprint density at radius 3 is 2.79 bits per heavy atom. The van der Waals surface area contributed by atoms with Gasteiger partial charge in [-0.25, -0.2) is 9.50 Å². The van der Waals surface area contributed by atoms with Crippen molar-refractivity contribution in [3.8, 4) is 11.1 Å². The Kier molecular flexibility index (Phi) is 4.97. The van der Waals surface area contributed by atoms with Crippen LogP contribution in [0.25, 0.3) is 27.5 Å². The molecule has 0 saturated heterocycles. The standard InChI is InChI=1S/C21H22N6OS/c1-21(2,3)29(28)26-9-8-16-11-17(19-20(22)24-13-25-27(16)19)15-10-14-6-4-5-7-18(14)23-12-15/h4-7,9-13H,8H2,1-3H3,(H2,22,24,25)/b26-9+. The lowest BCUT2D eigenvalue weighted by molar-refractivity contribution is 0.561. The van der Waals surface area contributed by atoms with Gasteiger partial charge in [0.25, 0.3) is 0 Å². The summed E-state index contributed by atoms with van der Waals surface area (Å²) in [7, 11) is 0. The number of para-hydroxylation sites is 1. The van der Waals surface area contributed by atoms with Gasteiger partial charge >= 0.3 is 0 Å². The zero-order valence-electron chi connectivity index (χ0n) is 16.5. The zero-order valence-corrected chi connectivity index (χ0v) is 17.3. The van der Waals surface area contributed by atoms with Gasteiger partial charge in [0.15, 0.2) is 5.82 Å². The van der Waals surface area contributed by atoms with E-state index in [-0.39, 0.29) is 0 Å². The average molecular weight is 407 g/mol. The molecule has 0 amide bonds. The zero-order chi connectivity index (χ0) is 20.6. The highest BCUT2D eigenvalue weighted by Crippen LogP contribution is 2.31. The second kappa shape index (κ2) is 7.46. The predicted molar refractivity (Wildman–Crippen MR) is 118 cm³/mol. The maximum absolute atomic E-state index is 12.2. The van der Waals surface area contributed by atoms with Crippen molar-refractivity contribution in [3.05, 3.63) is 54.6 Å². The smallest absolute Gasteiger partial charge is 0.151 e. The van der Waals surface area contributed by atoms with E-state index in [1.807, 2.05) is 57.3 Å². The van der Waals surface area contributed by atoms with Crippen LogP contribution in [-0.4, -0.2) is 35.1 Å². The molecule has 2 N–H and O–H groups in total. The molecule has 148 valence electrons. The van der Waals surface area contributed by atoms with E-state index in [0.29, 0.717) is 12.2 Å². The Hall–Kier alpha value is -2.97. The van der Waals surface area contributed by atoms with Gasteiger partial charge in [-0.15, -0.1) is 0 Å². The fraction of sp³-hybridized carbons (Fsp3) is 0.238. The highest BCUT2D eigenvalue weighted by molar-refractivity contribution is 7.91. The summed E-state index contributed by atoms with van der Waals surface area (Å²) in [4.78, 5) is 8.71. The van der Waals surface area contributed by atoms with Crippen LogP contribution in [0.1, 0.15) is 26.5 Å². The van der Waals surface area contributed by atoms with Gasteiger partial charge in [0.2, 0.25) is 0 Å². The van der Waals surface area contributed by atoms with E-state index in [9.17, 15) is 4.55 Å². The molecule has 3 heterocycles. The third-order valence-electron chi connectivity index (χ3n) is 4.55. The number of nitrogens with zero attached hydrogens (tertiary/aromatic N) is 5. The fourth-order valence-electron chi connectivity index (χ4n) is 3.07. The molecule has 3 aromatic heterocycles. The van der Waals surface area contributed by atoms with Crippen molar-refractivity contribution in [3.63, 3.8) is 0 Å².